The molecule has 15 heavy (non-hydrogen) atoms. The quantitative estimate of drug-likeness (QED) is 0.661. The van der Waals surface area contributed by atoms with Crippen molar-refractivity contribution >= 4 is 5.76 Å². The highest BCUT2D eigenvalue weighted by Crippen LogP contribution is 2.16. The Morgan fingerprint density at radius 3 is 2.33 bits per heavy atom. The molecule has 1 aromatic carbocycles. The fraction of sp³-hybridized carbons (Fsp3) is 0.429. The van der Waals surface area contributed by atoms with E-state index in [0.717, 1.165) is 17.7 Å². The topological polar surface area (TPSA) is 9.23 Å². The molecule has 1 nitrogen and oxygen atoms in total. The van der Waals surface area contributed by atoms with Crippen molar-refractivity contribution in [3.8, 4) is 0 Å². The molecule has 0 aliphatic carbocycles. The van der Waals surface area contributed by atoms with Gasteiger partial charge in [0.1, 0.15) is 5.76 Å². The van der Waals surface area contributed by atoms with Gasteiger partial charge in [-0.15, -0.1) is 0 Å². The van der Waals surface area contributed by atoms with Crippen LogP contribution in [-0.2, 0) is 11.2 Å². The summed E-state index contributed by atoms with van der Waals surface area (Å²) in [5.41, 5.74) is 2.45. The predicted octanol–water partition coefficient (Wildman–Crippen LogP) is 3.89. The van der Waals surface area contributed by atoms with E-state index in [9.17, 15) is 0 Å². The van der Waals surface area contributed by atoms with Gasteiger partial charge in [-0.1, -0.05) is 44.7 Å². The second kappa shape index (κ2) is 5.59. The molecule has 0 bridgehead atoms. The minimum atomic E-state index is 0.673. The highest BCUT2D eigenvalue weighted by Gasteiger charge is 2.01. The van der Waals surface area contributed by atoms with Crippen LogP contribution in [0, 0.1) is 5.92 Å². The summed E-state index contributed by atoms with van der Waals surface area (Å²) < 4.78 is 5.35. The first-order valence-corrected chi connectivity index (χ1v) is 5.54. The van der Waals surface area contributed by atoms with E-state index < -0.39 is 0 Å². The Morgan fingerprint density at radius 1 is 1.27 bits per heavy atom. The predicted molar refractivity (Wildman–Crippen MR) is 65.6 cm³/mol. The molecule has 1 rings (SSSR count). The van der Waals surface area contributed by atoms with Crippen LogP contribution in [0.25, 0.3) is 5.76 Å². The Balaban J connectivity index is 2.67. The Morgan fingerprint density at radius 2 is 1.87 bits per heavy atom. The summed E-state index contributed by atoms with van der Waals surface area (Å²) in [6.45, 7) is 11.0. The molecule has 0 heterocycles. The second-order valence-corrected chi connectivity index (χ2v) is 4.15. The van der Waals surface area contributed by atoms with Gasteiger partial charge in [0.2, 0.25) is 0 Å². The van der Waals surface area contributed by atoms with E-state index >= 15 is 0 Å². The summed E-state index contributed by atoms with van der Waals surface area (Å²) >= 11 is 0. The lowest BCUT2D eigenvalue weighted by atomic mass is 10.0. The summed E-state index contributed by atoms with van der Waals surface area (Å²) in [7, 11) is 0. The van der Waals surface area contributed by atoms with E-state index in [2.05, 4.69) is 44.7 Å². The fourth-order valence-electron chi connectivity index (χ4n) is 1.56. The number of hydrogen-bond acceptors (Lipinski definition) is 1. The molecule has 0 saturated heterocycles. The van der Waals surface area contributed by atoms with Gasteiger partial charge >= 0.3 is 0 Å². The summed E-state index contributed by atoms with van der Waals surface area (Å²) in [5, 5.41) is 0. The van der Waals surface area contributed by atoms with Gasteiger partial charge in [-0.05, 0) is 24.8 Å². The van der Waals surface area contributed by atoms with Gasteiger partial charge in [-0.3, -0.25) is 0 Å². The van der Waals surface area contributed by atoms with E-state index in [0.29, 0.717) is 12.5 Å². The van der Waals surface area contributed by atoms with Gasteiger partial charge < -0.3 is 4.74 Å². The second-order valence-electron chi connectivity index (χ2n) is 4.15. The normalized spacial score (nSPS) is 10.4. The first kappa shape index (κ1) is 11.8. The molecule has 0 unspecified atom stereocenters. The van der Waals surface area contributed by atoms with Crippen LogP contribution < -0.4 is 0 Å². The number of rotatable bonds is 5. The highest BCUT2D eigenvalue weighted by molar-refractivity contribution is 5.57. The molecule has 0 aromatic heterocycles. The van der Waals surface area contributed by atoms with E-state index in [1.54, 1.807) is 0 Å². The third-order valence-corrected chi connectivity index (χ3v) is 2.24. The molecule has 1 aromatic rings. The lowest BCUT2D eigenvalue weighted by Gasteiger charge is -2.09. The molecule has 0 aliphatic heterocycles. The van der Waals surface area contributed by atoms with Gasteiger partial charge in [0, 0.05) is 5.56 Å². The monoisotopic (exact) mass is 204 g/mol. The minimum Gasteiger partial charge on any atom is -0.494 e. The van der Waals surface area contributed by atoms with Crippen LogP contribution in [-0.4, -0.2) is 6.61 Å². The molecule has 0 saturated carbocycles. The Hall–Kier alpha value is -1.24. The van der Waals surface area contributed by atoms with Crippen LogP contribution in [0.5, 0.6) is 0 Å². The molecule has 0 fully saturated rings. The van der Waals surface area contributed by atoms with Gasteiger partial charge in [0.25, 0.3) is 0 Å². The molecule has 1 heteroatoms. The summed E-state index contributed by atoms with van der Waals surface area (Å²) in [4.78, 5) is 0. The molecule has 0 radical (unpaired) electrons. The van der Waals surface area contributed by atoms with E-state index in [-0.39, 0.29) is 0 Å². The van der Waals surface area contributed by atoms with Crippen LogP contribution in [0.2, 0.25) is 0 Å². The zero-order valence-electron chi connectivity index (χ0n) is 9.92. The largest absolute Gasteiger partial charge is 0.494 e. The number of ether oxygens (including phenoxy) is 1. The maximum atomic E-state index is 5.35. The van der Waals surface area contributed by atoms with Gasteiger partial charge in [-0.2, -0.15) is 0 Å². The summed E-state index contributed by atoms with van der Waals surface area (Å²) in [6.07, 6.45) is 1.13. The van der Waals surface area contributed by atoms with Crippen molar-refractivity contribution in [3.63, 3.8) is 0 Å². The Kier molecular flexibility index (Phi) is 4.41. The van der Waals surface area contributed by atoms with Crippen molar-refractivity contribution in [2.45, 2.75) is 27.2 Å². The average molecular weight is 204 g/mol. The molecule has 0 amide bonds. The van der Waals surface area contributed by atoms with Crippen molar-refractivity contribution in [2.75, 3.05) is 6.61 Å². The smallest absolute Gasteiger partial charge is 0.119 e. The summed E-state index contributed by atoms with van der Waals surface area (Å²) in [6, 6.07) is 8.46. The van der Waals surface area contributed by atoms with Crippen molar-refractivity contribution in [3.05, 3.63) is 42.0 Å². The minimum absolute atomic E-state index is 0.673. The first-order valence-electron chi connectivity index (χ1n) is 5.54. The van der Waals surface area contributed by atoms with Crippen LogP contribution >= 0.6 is 0 Å². The molecule has 0 aliphatic rings. The van der Waals surface area contributed by atoms with Crippen LogP contribution in [0.3, 0.4) is 0 Å². The molecule has 0 atom stereocenters. The molecule has 82 valence electrons. The van der Waals surface area contributed by atoms with Crippen molar-refractivity contribution < 1.29 is 4.74 Å². The maximum Gasteiger partial charge on any atom is 0.119 e. The zero-order valence-corrected chi connectivity index (χ0v) is 9.92. The SMILES string of the molecule is C=C(OCC)c1ccc(CC(C)C)cc1. The van der Waals surface area contributed by atoms with Gasteiger partial charge in [0.05, 0.1) is 6.61 Å². The van der Waals surface area contributed by atoms with Gasteiger partial charge in [-0.25, -0.2) is 0 Å². The first-order chi connectivity index (χ1) is 7.13. The Labute approximate surface area is 92.8 Å². The van der Waals surface area contributed by atoms with Crippen molar-refractivity contribution in [1.29, 1.82) is 0 Å². The van der Waals surface area contributed by atoms with Gasteiger partial charge in [0.15, 0.2) is 0 Å². The molecule has 0 N–H and O–H groups in total. The van der Waals surface area contributed by atoms with Crippen LogP contribution in [0.1, 0.15) is 31.9 Å². The number of hydrogen-bond donors (Lipinski definition) is 0. The van der Waals surface area contributed by atoms with Crippen molar-refractivity contribution in [1.82, 2.24) is 0 Å². The summed E-state index contributed by atoms with van der Waals surface area (Å²) in [5.74, 6) is 1.46. The standard InChI is InChI=1S/C14H20O/c1-5-15-12(4)14-8-6-13(7-9-14)10-11(2)3/h6-9,11H,4-5,10H2,1-3H3. The molecule has 0 spiro atoms. The number of benzene rings is 1. The Bertz CT molecular complexity index is 309. The third kappa shape index (κ3) is 3.78. The zero-order chi connectivity index (χ0) is 11.3. The van der Waals surface area contributed by atoms with E-state index in [1.165, 1.54) is 5.56 Å². The average Bonchev–Trinajstić information content (AvgIpc) is 2.18. The van der Waals surface area contributed by atoms with Crippen molar-refractivity contribution in [2.24, 2.45) is 5.92 Å². The van der Waals surface area contributed by atoms with E-state index in [4.69, 9.17) is 4.74 Å². The lowest BCUT2D eigenvalue weighted by molar-refractivity contribution is 0.299. The molecular weight excluding hydrogens is 184 g/mol. The van der Waals surface area contributed by atoms with Crippen LogP contribution in [0.4, 0.5) is 0 Å². The lowest BCUT2D eigenvalue weighted by Crippen LogP contribution is -1.95. The van der Waals surface area contributed by atoms with Crippen LogP contribution in [0.15, 0.2) is 30.8 Å². The fourth-order valence-corrected chi connectivity index (χ4v) is 1.56. The third-order valence-electron chi connectivity index (χ3n) is 2.24. The molecular formula is C14H20O. The maximum absolute atomic E-state index is 5.35. The van der Waals surface area contributed by atoms with E-state index in [1.807, 2.05) is 6.92 Å². The highest BCUT2D eigenvalue weighted by atomic mass is 16.5.